The van der Waals surface area contributed by atoms with E-state index in [0.717, 1.165) is 24.8 Å². The van der Waals surface area contributed by atoms with Gasteiger partial charge in [-0.1, -0.05) is 11.6 Å². The van der Waals surface area contributed by atoms with E-state index in [2.05, 4.69) is 20.2 Å². The quantitative estimate of drug-likeness (QED) is 0.883. The molecule has 0 aromatic carbocycles. The highest BCUT2D eigenvalue weighted by molar-refractivity contribution is 6.29. The van der Waals surface area contributed by atoms with Crippen LogP contribution in [0.25, 0.3) is 0 Å². The molecule has 1 saturated heterocycles. The fourth-order valence-corrected chi connectivity index (χ4v) is 2.70. The van der Waals surface area contributed by atoms with Crippen molar-refractivity contribution >= 4 is 11.6 Å². The lowest BCUT2D eigenvalue weighted by atomic mass is 10.2. The second-order valence-electron chi connectivity index (χ2n) is 5.28. The molecule has 3 rings (SSSR count). The molecule has 1 aromatic rings. The van der Waals surface area contributed by atoms with Crippen molar-refractivity contribution in [2.75, 3.05) is 13.1 Å². The fraction of sp³-hybridized carbons (Fsp3) is 0.692. The number of nitrogens with one attached hydrogen (secondary N) is 1. The molecule has 2 aliphatic rings. The number of hydrogen-bond donors (Lipinski definition) is 1. The molecule has 1 aliphatic heterocycles. The highest BCUT2D eigenvalue weighted by atomic mass is 35.5. The molecule has 2 fully saturated rings. The predicted molar refractivity (Wildman–Crippen MR) is 71.5 cm³/mol. The SMILES string of the molecule is Clc1cnc(CN(CC2CCCN2)C2CC2)cn1. The molecule has 1 N–H and O–H groups in total. The second kappa shape index (κ2) is 5.51. The van der Waals surface area contributed by atoms with Crippen molar-refractivity contribution in [1.82, 2.24) is 20.2 Å². The van der Waals surface area contributed by atoms with Gasteiger partial charge in [-0.25, -0.2) is 4.98 Å². The Balaban J connectivity index is 1.60. The van der Waals surface area contributed by atoms with Gasteiger partial charge in [0.1, 0.15) is 5.15 Å². The molecule has 1 unspecified atom stereocenters. The summed E-state index contributed by atoms with van der Waals surface area (Å²) in [6.45, 7) is 3.20. The number of nitrogens with zero attached hydrogens (tertiary/aromatic N) is 3. The predicted octanol–water partition coefficient (Wildman–Crippen LogP) is 1.85. The molecule has 2 heterocycles. The zero-order valence-electron chi connectivity index (χ0n) is 10.5. The summed E-state index contributed by atoms with van der Waals surface area (Å²) in [7, 11) is 0. The van der Waals surface area contributed by atoms with E-state index in [4.69, 9.17) is 11.6 Å². The molecular formula is C13H19ClN4. The second-order valence-corrected chi connectivity index (χ2v) is 5.67. The van der Waals surface area contributed by atoms with Crippen LogP contribution in [0.2, 0.25) is 5.15 Å². The normalized spacial score (nSPS) is 23.8. The molecule has 98 valence electrons. The van der Waals surface area contributed by atoms with Crippen molar-refractivity contribution in [3.05, 3.63) is 23.2 Å². The van der Waals surface area contributed by atoms with Crippen LogP contribution >= 0.6 is 11.6 Å². The summed E-state index contributed by atoms with van der Waals surface area (Å²) in [6, 6.07) is 1.41. The Morgan fingerprint density at radius 2 is 2.17 bits per heavy atom. The van der Waals surface area contributed by atoms with Gasteiger partial charge in [-0.3, -0.25) is 9.88 Å². The van der Waals surface area contributed by atoms with Crippen molar-refractivity contribution < 1.29 is 0 Å². The molecular weight excluding hydrogens is 248 g/mol. The minimum Gasteiger partial charge on any atom is -0.313 e. The first-order chi connectivity index (χ1) is 8.81. The van der Waals surface area contributed by atoms with Crippen LogP contribution in [-0.2, 0) is 6.54 Å². The van der Waals surface area contributed by atoms with Gasteiger partial charge in [-0.15, -0.1) is 0 Å². The summed E-state index contributed by atoms with van der Waals surface area (Å²) in [4.78, 5) is 11.0. The van der Waals surface area contributed by atoms with Gasteiger partial charge in [0.2, 0.25) is 0 Å². The van der Waals surface area contributed by atoms with E-state index in [1.54, 1.807) is 12.4 Å². The molecule has 0 radical (unpaired) electrons. The van der Waals surface area contributed by atoms with Gasteiger partial charge in [0.05, 0.1) is 18.1 Å². The summed E-state index contributed by atoms with van der Waals surface area (Å²) in [5.41, 5.74) is 1.02. The highest BCUT2D eigenvalue weighted by Gasteiger charge is 2.31. The molecule has 0 amide bonds. The van der Waals surface area contributed by atoms with Crippen LogP contribution < -0.4 is 5.32 Å². The van der Waals surface area contributed by atoms with E-state index >= 15 is 0 Å². The standard InChI is InChI=1S/C13H19ClN4/c14-13-7-16-11(6-17-13)9-18(12-3-4-12)8-10-2-1-5-15-10/h6-7,10,12,15H,1-5,8-9H2. The smallest absolute Gasteiger partial charge is 0.147 e. The van der Waals surface area contributed by atoms with Gasteiger partial charge in [0.15, 0.2) is 0 Å². The van der Waals surface area contributed by atoms with E-state index in [9.17, 15) is 0 Å². The first-order valence-electron chi connectivity index (χ1n) is 6.75. The summed E-state index contributed by atoms with van der Waals surface area (Å²) in [5, 5.41) is 4.03. The van der Waals surface area contributed by atoms with E-state index in [1.165, 1.54) is 32.2 Å². The lowest BCUT2D eigenvalue weighted by Crippen LogP contribution is -2.38. The largest absolute Gasteiger partial charge is 0.313 e. The Morgan fingerprint density at radius 3 is 2.78 bits per heavy atom. The van der Waals surface area contributed by atoms with Crippen molar-refractivity contribution in [2.45, 2.75) is 44.3 Å². The van der Waals surface area contributed by atoms with E-state index in [-0.39, 0.29) is 0 Å². The third-order valence-electron chi connectivity index (χ3n) is 3.72. The Morgan fingerprint density at radius 1 is 1.28 bits per heavy atom. The van der Waals surface area contributed by atoms with E-state index in [0.29, 0.717) is 11.2 Å². The third kappa shape index (κ3) is 3.19. The topological polar surface area (TPSA) is 41.1 Å². The maximum absolute atomic E-state index is 5.76. The molecule has 5 heteroatoms. The number of halogens is 1. The van der Waals surface area contributed by atoms with E-state index in [1.807, 2.05) is 0 Å². The van der Waals surface area contributed by atoms with Crippen LogP contribution in [0.15, 0.2) is 12.4 Å². The lowest BCUT2D eigenvalue weighted by molar-refractivity contribution is 0.228. The van der Waals surface area contributed by atoms with Gasteiger partial charge in [-0.05, 0) is 32.2 Å². The van der Waals surface area contributed by atoms with Gasteiger partial charge < -0.3 is 5.32 Å². The van der Waals surface area contributed by atoms with Crippen molar-refractivity contribution in [2.24, 2.45) is 0 Å². The van der Waals surface area contributed by atoms with Gasteiger partial charge in [0.25, 0.3) is 0 Å². The summed E-state index contributed by atoms with van der Waals surface area (Å²) in [6.07, 6.45) is 8.69. The fourth-order valence-electron chi connectivity index (χ4n) is 2.61. The maximum Gasteiger partial charge on any atom is 0.147 e. The Bertz CT molecular complexity index is 384. The Labute approximate surface area is 113 Å². The average Bonchev–Trinajstić information content (AvgIpc) is 3.10. The third-order valence-corrected chi connectivity index (χ3v) is 3.91. The van der Waals surface area contributed by atoms with Crippen LogP contribution in [0.1, 0.15) is 31.4 Å². The molecule has 0 bridgehead atoms. The molecule has 1 atom stereocenters. The first kappa shape index (κ1) is 12.3. The Kier molecular flexibility index (Phi) is 3.77. The summed E-state index contributed by atoms with van der Waals surface area (Å²) in [5.74, 6) is 0. The molecule has 1 aromatic heterocycles. The van der Waals surface area contributed by atoms with Crippen LogP contribution in [0.4, 0.5) is 0 Å². The summed E-state index contributed by atoms with van der Waals surface area (Å²) >= 11 is 5.76. The Hall–Kier alpha value is -0.710. The summed E-state index contributed by atoms with van der Waals surface area (Å²) < 4.78 is 0. The zero-order valence-corrected chi connectivity index (χ0v) is 11.2. The molecule has 1 aliphatic carbocycles. The zero-order chi connectivity index (χ0) is 12.4. The van der Waals surface area contributed by atoms with Gasteiger partial charge in [-0.2, -0.15) is 0 Å². The van der Waals surface area contributed by atoms with Gasteiger partial charge >= 0.3 is 0 Å². The van der Waals surface area contributed by atoms with Crippen molar-refractivity contribution in [3.8, 4) is 0 Å². The van der Waals surface area contributed by atoms with Crippen LogP contribution in [-0.4, -0.2) is 40.0 Å². The minimum absolute atomic E-state index is 0.467. The monoisotopic (exact) mass is 266 g/mol. The van der Waals surface area contributed by atoms with Crippen LogP contribution in [0.5, 0.6) is 0 Å². The van der Waals surface area contributed by atoms with Crippen molar-refractivity contribution in [1.29, 1.82) is 0 Å². The maximum atomic E-state index is 5.76. The first-order valence-corrected chi connectivity index (χ1v) is 7.13. The molecule has 4 nitrogen and oxygen atoms in total. The van der Waals surface area contributed by atoms with E-state index < -0.39 is 0 Å². The molecule has 1 saturated carbocycles. The van der Waals surface area contributed by atoms with Crippen LogP contribution in [0, 0.1) is 0 Å². The lowest BCUT2D eigenvalue weighted by Gasteiger charge is -2.25. The molecule has 0 spiro atoms. The number of hydrogen-bond acceptors (Lipinski definition) is 4. The minimum atomic E-state index is 0.467. The number of aromatic nitrogens is 2. The molecule has 18 heavy (non-hydrogen) atoms. The van der Waals surface area contributed by atoms with Crippen molar-refractivity contribution in [3.63, 3.8) is 0 Å². The average molecular weight is 267 g/mol. The van der Waals surface area contributed by atoms with Crippen LogP contribution in [0.3, 0.4) is 0 Å². The highest BCUT2D eigenvalue weighted by Crippen LogP contribution is 2.28. The van der Waals surface area contributed by atoms with Gasteiger partial charge in [0, 0.05) is 25.2 Å². The number of rotatable bonds is 5.